The van der Waals surface area contributed by atoms with Crippen LogP contribution in [-0.4, -0.2) is 10.7 Å². The van der Waals surface area contributed by atoms with Crippen molar-refractivity contribution < 1.29 is 0 Å². The number of nitrogens with one attached hydrogen (secondary N) is 1. The summed E-state index contributed by atoms with van der Waals surface area (Å²) in [4.78, 5) is 9.26. The van der Waals surface area contributed by atoms with Gasteiger partial charge in [0.2, 0.25) is 0 Å². The molecule has 4 rings (SSSR count). The Balaban J connectivity index is 2.01. The van der Waals surface area contributed by atoms with E-state index >= 15 is 0 Å². The van der Waals surface area contributed by atoms with E-state index in [2.05, 4.69) is 50.5 Å². The summed E-state index contributed by atoms with van der Waals surface area (Å²) in [7, 11) is 0. The van der Waals surface area contributed by atoms with Crippen LogP contribution < -0.4 is 5.32 Å². The van der Waals surface area contributed by atoms with E-state index in [-0.39, 0.29) is 0 Å². The number of hydrogen-bond donors (Lipinski definition) is 1. The highest BCUT2D eigenvalue weighted by Gasteiger charge is 2.18. The maximum absolute atomic E-state index is 4.86. The maximum atomic E-state index is 4.86. The molecule has 2 aromatic carbocycles. The van der Waals surface area contributed by atoms with Gasteiger partial charge in [-0.15, -0.1) is 0 Å². The summed E-state index contributed by atoms with van der Waals surface area (Å²) in [6.07, 6.45) is 1.77. The molecule has 1 N–H and O–H groups in total. The minimum absolute atomic E-state index is 0.771. The molecule has 3 aromatic rings. The molecular weight excluding hydrogens is 338 g/mol. The number of fused-ring (bicyclic) bond motifs is 2. The molecule has 0 atom stereocenters. The standard InChI is InChI=1S/C18H12BrN3/c19-13-8-9-14-16(11-13)22-18-15(7-4-10-20-18)21-17(14)12-5-2-1-3-6-12/h1-11H,(H,20,22). The second-order valence-corrected chi connectivity index (χ2v) is 5.93. The van der Waals surface area contributed by atoms with Crippen LogP contribution in [0.5, 0.6) is 0 Å². The van der Waals surface area contributed by atoms with Gasteiger partial charge in [0.1, 0.15) is 5.69 Å². The lowest BCUT2D eigenvalue weighted by Gasteiger charge is -2.11. The summed E-state index contributed by atoms with van der Waals surface area (Å²) < 4.78 is 1.02. The zero-order valence-corrected chi connectivity index (χ0v) is 13.2. The Kier molecular flexibility index (Phi) is 3.24. The molecule has 0 saturated heterocycles. The summed E-state index contributed by atoms with van der Waals surface area (Å²) in [6.45, 7) is 0. The number of anilines is 2. The van der Waals surface area contributed by atoms with Gasteiger partial charge < -0.3 is 5.32 Å². The summed E-state index contributed by atoms with van der Waals surface area (Å²) in [5.41, 5.74) is 4.93. The average molecular weight is 350 g/mol. The molecule has 22 heavy (non-hydrogen) atoms. The smallest absolute Gasteiger partial charge is 0.156 e. The van der Waals surface area contributed by atoms with Crippen molar-refractivity contribution in [3.63, 3.8) is 0 Å². The third-order valence-corrected chi connectivity index (χ3v) is 4.05. The first-order valence-electron chi connectivity index (χ1n) is 6.97. The van der Waals surface area contributed by atoms with Gasteiger partial charge in [0.05, 0.1) is 11.4 Å². The van der Waals surface area contributed by atoms with E-state index < -0.39 is 0 Å². The molecule has 1 aromatic heterocycles. The summed E-state index contributed by atoms with van der Waals surface area (Å²) >= 11 is 3.53. The Labute approximate surface area is 136 Å². The zero-order valence-electron chi connectivity index (χ0n) is 11.6. The number of benzene rings is 2. The molecule has 0 unspecified atom stereocenters. The van der Waals surface area contributed by atoms with Crippen LogP contribution in [0.2, 0.25) is 0 Å². The number of aromatic nitrogens is 1. The van der Waals surface area contributed by atoms with Gasteiger partial charge >= 0.3 is 0 Å². The molecule has 0 aliphatic carbocycles. The van der Waals surface area contributed by atoms with E-state index in [1.807, 2.05) is 36.4 Å². The summed E-state index contributed by atoms with van der Waals surface area (Å²) in [5, 5.41) is 3.39. The largest absolute Gasteiger partial charge is 0.338 e. The van der Waals surface area contributed by atoms with Crippen LogP contribution in [0.4, 0.5) is 17.2 Å². The van der Waals surface area contributed by atoms with Crippen molar-refractivity contribution in [3.05, 3.63) is 82.5 Å². The lowest BCUT2D eigenvalue weighted by atomic mass is 10.0. The molecule has 106 valence electrons. The highest BCUT2D eigenvalue weighted by molar-refractivity contribution is 9.10. The van der Waals surface area contributed by atoms with E-state index in [0.717, 1.165) is 38.5 Å². The first-order valence-corrected chi connectivity index (χ1v) is 7.77. The van der Waals surface area contributed by atoms with Crippen LogP contribution in [0.1, 0.15) is 11.1 Å². The molecule has 2 heterocycles. The summed E-state index contributed by atoms with van der Waals surface area (Å²) in [5.74, 6) is 0.771. The van der Waals surface area contributed by atoms with Gasteiger partial charge in [0.25, 0.3) is 0 Å². The SMILES string of the molecule is Brc1ccc2c(c1)Nc1ncccc1N=C2c1ccccc1. The fraction of sp³-hybridized carbons (Fsp3) is 0. The molecule has 4 heteroatoms. The van der Waals surface area contributed by atoms with Gasteiger partial charge in [-0.3, -0.25) is 0 Å². The van der Waals surface area contributed by atoms with Gasteiger partial charge in [0, 0.05) is 21.8 Å². The van der Waals surface area contributed by atoms with E-state index in [1.54, 1.807) is 6.20 Å². The van der Waals surface area contributed by atoms with Gasteiger partial charge in [-0.05, 0) is 30.3 Å². The number of aliphatic imine (C=N–C) groups is 1. The Morgan fingerprint density at radius 3 is 2.64 bits per heavy atom. The maximum Gasteiger partial charge on any atom is 0.156 e. The molecule has 1 aliphatic rings. The van der Waals surface area contributed by atoms with Crippen molar-refractivity contribution in [3.8, 4) is 0 Å². The van der Waals surface area contributed by atoms with Crippen LogP contribution >= 0.6 is 15.9 Å². The molecule has 1 aliphatic heterocycles. The Bertz CT molecular complexity index is 873. The first-order chi connectivity index (χ1) is 10.8. The molecule has 0 amide bonds. The van der Waals surface area contributed by atoms with Crippen LogP contribution in [0, 0.1) is 0 Å². The van der Waals surface area contributed by atoms with E-state index in [4.69, 9.17) is 4.99 Å². The van der Waals surface area contributed by atoms with Crippen molar-refractivity contribution in [1.29, 1.82) is 0 Å². The minimum Gasteiger partial charge on any atom is -0.338 e. The normalized spacial score (nSPS) is 12.5. The lowest BCUT2D eigenvalue weighted by Crippen LogP contribution is -2.04. The average Bonchev–Trinajstić information content (AvgIpc) is 2.71. The predicted molar refractivity (Wildman–Crippen MR) is 93.4 cm³/mol. The molecule has 0 fully saturated rings. The summed E-state index contributed by atoms with van der Waals surface area (Å²) in [6, 6.07) is 20.2. The third kappa shape index (κ3) is 2.31. The van der Waals surface area contributed by atoms with Crippen LogP contribution in [0.25, 0.3) is 0 Å². The van der Waals surface area contributed by atoms with Crippen molar-refractivity contribution in [2.75, 3.05) is 5.32 Å². The fourth-order valence-electron chi connectivity index (χ4n) is 2.53. The van der Waals surface area contributed by atoms with Crippen molar-refractivity contribution in [2.45, 2.75) is 0 Å². The fourth-order valence-corrected chi connectivity index (χ4v) is 2.90. The van der Waals surface area contributed by atoms with E-state index in [0.29, 0.717) is 0 Å². The highest BCUT2D eigenvalue weighted by atomic mass is 79.9. The predicted octanol–water partition coefficient (Wildman–Crippen LogP) is 5.07. The molecule has 0 radical (unpaired) electrons. The van der Waals surface area contributed by atoms with Crippen LogP contribution in [-0.2, 0) is 0 Å². The second-order valence-electron chi connectivity index (χ2n) is 5.01. The number of pyridine rings is 1. The Hall–Kier alpha value is -2.46. The third-order valence-electron chi connectivity index (χ3n) is 3.56. The number of nitrogens with zero attached hydrogens (tertiary/aromatic N) is 2. The monoisotopic (exact) mass is 349 g/mol. The van der Waals surface area contributed by atoms with Crippen LogP contribution in [0.15, 0.2) is 76.3 Å². The number of rotatable bonds is 1. The molecular formula is C18H12BrN3. The van der Waals surface area contributed by atoms with Gasteiger partial charge in [-0.2, -0.15) is 0 Å². The van der Waals surface area contributed by atoms with Crippen molar-refractivity contribution in [2.24, 2.45) is 4.99 Å². The zero-order chi connectivity index (χ0) is 14.9. The lowest BCUT2D eigenvalue weighted by molar-refractivity contribution is 1.30. The first kappa shape index (κ1) is 13.2. The number of halogens is 1. The highest BCUT2D eigenvalue weighted by Crippen LogP contribution is 2.35. The quantitative estimate of drug-likeness (QED) is 0.520. The van der Waals surface area contributed by atoms with Crippen LogP contribution in [0.3, 0.4) is 0 Å². The molecule has 0 saturated carbocycles. The molecule has 3 nitrogen and oxygen atoms in total. The molecule has 0 bridgehead atoms. The van der Waals surface area contributed by atoms with E-state index in [9.17, 15) is 0 Å². The Morgan fingerprint density at radius 2 is 1.77 bits per heavy atom. The number of hydrogen-bond acceptors (Lipinski definition) is 3. The second kappa shape index (κ2) is 5.39. The van der Waals surface area contributed by atoms with E-state index in [1.165, 1.54) is 0 Å². The Morgan fingerprint density at radius 1 is 0.909 bits per heavy atom. The van der Waals surface area contributed by atoms with Crippen molar-refractivity contribution in [1.82, 2.24) is 4.98 Å². The topological polar surface area (TPSA) is 37.3 Å². The van der Waals surface area contributed by atoms with Crippen molar-refractivity contribution >= 4 is 38.8 Å². The van der Waals surface area contributed by atoms with Gasteiger partial charge in [0.15, 0.2) is 5.82 Å². The van der Waals surface area contributed by atoms with Gasteiger partial charge in [-0.1, -0.05) is 46.3 Å². The van der Waals surface area contributed by atoms with Gasteiger partial charge in [-0.25, -0.2) is 9.98 Å². The molecule has 0 spiro atoms. The minimum atomic E-state index is 0.771.